The van der Waals surface area contributed by atoms with Crippen molar-refractivity contribution in [1.82, 2.24) is 0 Å². The minimum atomic E-state index is -1.26. The summed E-state index contributed by atoms with van der Waals surface area (Å²) in [6, 6.07) is 10.5. The molecule has 2 aliphatic heterocycles. The van der Waals surface area contributed by atoms with Gasteiger partial charge in [0, 0.05) is 4.47 Å². The first-order valence-corrected chi connectivity index (χ1v) is 8.65. The van der Waals surface area contributed by atoms with Gasteiger partial charge in [0.1, 0.15) is 30.2 Å². The third-order valence-corrected chi connectivity index (χ3v) is 4.70. The molecule has 1 aromatic carbocycles. The van der Waals surface area contributed by atoms with Crippen LogP contribution in [0.4, 0.5) is 0 Å². The maximum absolute atomic E-state index is 10.5. The normalized spacial score (nSPS) is 35.2. The number of rotatable bonds is 3. The minimum absolute atomic E-state index is 0.181. The number of furan rings is 1. The van der Waals surface area contributed by atoms with E-state index in [4.69, 9.17) is 23.4 Å². The Kier molecular flexibility index (Phi) is 4.81. The van der Waals surface area contributed by atoms with Crippen LogP contribution in [0.25, 0.3) is 0 Å². The molecule has 2 N–H and O–H groups in total. The van der Waals surface area contributed by atoms with Crippen LogP contribution in [0.5, 0.6) is 5.75 Å². The summed E-state index contributed by atoms with van der Waals surface area (Å²) in [6.07, 6.45) is -4.01. The predicted molar refractivity (Wildman–Crippen MR) is 87.7 cm³/mol. The second-order valence-corrected chi connectivity index (χ2v) is 6.79. The van der Waals surface area contributed by atoms with E-state index < -0.39 is 37.0 Å². The average molecular weight is 413 g/mol. The molecular weight excluding hydrogens is 396 g/mol. The van der Waals surface area contributed by atoms with E-state index in [1.165, 1.54) is 6.26 Å². The molecule has 3 heterocycles. The number of benzene rings is 1. The fraction of sp³-hybridized carbons (Fsp3) is 0.412. The van der Waals surface area contributed by atoms with Crippen LogP contribution >= 0.6 is 15.9 Å². The summed E-state index contributed by atoms with van der Waals surface area (Å²) in [4.78, 5) is 0. The first-order chi connectivity index (χ1) is 12.1. The molecule has 0 aliphatic carbocycles. The van der Waals surface area contributed by atoms with Gasteiger partial charge in [-0.25, -0.2) is 0 Å². The Bertz CT molecular complexity index is 688. The summed E-state index contributed by atoms with van der Waals surface area (Å²) in [5.74, 6) is 1.01. The number of hydrogen-bond donors (Lipinski definition) is 2. The van der Waals surface area contributed by atoms with Gasteiger partial charge in [0.15, 0.2) is 5.76 Å². The smallest absolute Gasteiger partial charge is 0.229 e. The van der Waals surface area contributed by atoms with Crippen molar-refractivity contribution in [2.75, 3.05) is 6.61 Å². The van der Waals surface area contributed by atoms with Crippen LogP contribution in [0, 0.1) is 0 Å². The number of aliphatic hydroxyl groups is 2. The molecule has 134 valence electrons. The van der Waals surface area contributed by atoms with E-state index in [1.54, 1.807) is 24.3 Å². The van der Waals surface area contributed by atoms with E-state index in [2.05, 4.69) is 15.9 Å². The second-order valence-electron chi connectivity index (χ2n) is 5.88. The highest BCUT2D eigenvalue weighted by Crippen LogP contribution is 2.34. The van der Waals surface area contributed by atoms with Crippen molar-refractivity contribution in [3.63, 3.8) is 0 Å². The van der Waals surface area contributed by atoms with Crippen molar-refractivity contribution < 1.29 is 33.6 Å². The summed E-state index contributed by atoms with van der Waals surface area (Å²) in [5, 5.41) is 20.8. The molecule has 4 rings (SSSR count). The lowest BCUT2D eigenvalue weighted by Gasteiger charge is -2.45. The Morgan fingerprint density at radius 3 is 2.56 bits per heavy atom. The monoisotopic (exact) mass is 412 g/mol. The highest BCUT2D eigenvalue weighted by atomic mass is 79.9. The SMILES string of the molecule is OC1C(Oc2ccc(Br)cc2)OC2COC(c3ccco3)OC2C1O. The summed E-state index contributed by atoms with van der Waals surface area (Å²) < 4.78 is 28.9. The number of ether oxygens (including phenoxy) is 4. The van der Waals surface area contributed by atoms with Gasteiger partial charge in [0.25, 0.3) is 0 Å². The minimum Gasteiger partial charge on any atom is -0.464 e. The first kappa shape index (κ1) is 17.0. The first-order valence-electron chi connectivity index (χ1n) is 7.86. The number of fused-ring (bicyclic) bond motifs is 1. The average Bonchev–Trinajstić information content (AvgIpc) is 3.16. The van der Waals surface area contributed by atoms with Gasteiger partial charge in [-0.15, -0.1) is 0 Å². The molecule has 2 aromatic rings. The lowest BCUT2D eigenvalue weighted by Crippen LogP contribution is -2.62. The molecule has 2 fully saturated rings. The highest BCUT2D eigenvalue weighted by molar-refractivity contribution is 9.10. The summed E-state index contributed by atoms with van der Waals surface area (Å²) in [5.41, 5.74) is 0. The van der Waals surface area contributed by atoms with Gasteiger partial charge in [0.05, 0.1) is 12.9 Å². The zero-order chi connectivity index (χ0) is 17.4. The molecule has 6 atom stereocenters. The third-order valence-electron chi connectivity index (χ3n) is 4.17. The van der Waals surface area contributed by atoms with E-state index in [-0.39, 0.29) is 6.61 Å². The van der Waals surface area contributed by atoms with Gasteiger partial charge >= 0.3 is 0 Å². The van der Waals surface area contributed by atoms with Crippen LogP contribution in [0.2, 0.25) is 0 Å². The summed E-state index contributed by atoms with van der Waals surface area (Å²) >= 11 is 3.34. The Labute approximate surface area is 152 Å². The molecule has 8 heteroatoms. The zero-order valence-corrected chi connectivity index (χ0v) is 14.6. The summed E-state index contributed by atoms with van der Waals surface area (Å²) in [6.45, 7) is 0.181. The largest absolute Gasteiger partial charge is 0.464 e. The van der Waals surface area contributed by atoms with Crippen LogP contribution in [0.3, 0.4) is 0 Å². The van der Waals surface area contributed by atoms with Gasteiger partial charge in [-0.2, -0.15) is 0 Å². The highest BCUT2D eigenvalue weighted by Gasteiger charge is 2.50. The molecule has 2 aliphatic rings. The summed E-state index contributed by atoms with van der Waals surface area (Å²) in [7, 11) is 0. The van der Waals surface area contributed by atoms with Crippen LogP contribution < -0.4 is 4.74 Å². The molecule has 0 bridgehead atoms. The quantitative estimate of drug-likeness (QED) is 0.796. The van der Waals surface area contributed by atoms with E-state index in [9.17, 15) is 10.2 Å². The van der Waals surface area contributed by atoms with Gasteiger partial charge in [-0.05, 0) is 36.4 Å². The van der Waals surface area contributed by atoms with Crippen LogP contribution in [-0.4, -0.2) is 47.5 Å². The molecular formula is C17H17BrO7. The van der Waals surface area contributed by atoms with E-state index >= 15 is 0 Å². The van der Waals surface area contributed by atoms with Crippen molar-refractivity contribution in [3.8, 4) is 5.75 Å². The van der Waals surface area contributed by atoms with E-state index in [0.29, 0.717) is 11.5 Å². The Morgan fingerprint density at radius 1 is 1.04 bits per heavy atom. The molecule has 0 spiro atoms. The lowest BCUT2D eigenvalue weighted by atomic mass is 9.98. The van der Waals surface area contributed by atoms with Crippen molar-refractivity contribution in [2.45, 2.75) is 37.0 Å². The van der Waals surface area contributed by atoms with Crippen LogP contribution in [-0.2, 0) is 14.2 Å². The maximum Gasteiger partial charge on any atom is 0.229 e. The Hall–Kier alpha value is -1.42. The van der Waals surface area contributed by atoms with Gasteiger partial charge < -0.3 is 33.6 Å². The van der Waals surface area contributed by atoms with Gasteiger partial charge in [-0.3, -0.25) is 0 Å². The molecule has 25 heavy (non-hydrogen) atoms. The van der Waals surface area contributed by atoms with Crippen LogP contribution in [0.1, 0.15) is 12.1 Å². The fourth-order valence-electron chi connectivity index (χ4n) is 2.89. The Morgan fingerprint density at radius 2 is 1.84 bits per heavy atom. The van der Waals surface area contributed by atoms with Crippen LogP contribution in [0.15, 0.2) is 51.6 Å². The lowest BCUT2D eigenvalue weighted by molar-refractivity contribution is -0.352. The van der Waals surface area contributed by atoms with E-state index in [1.807, 2.05) is 12.1 Å². The van der Waals surface area contributed by atoms with Gasteiger partial charge in [0.2, 0.25) is 12.6 Å². The second kappa shape index (κ2) is 7.06. The standard InChI is InChI=1S/C17H17BrO7/c18-9-3-5-10(6-4-9)23-17-14(20)13(19)15-12(24-17)8-22-16(25-15)11-2-1-7-21-11/h1-7,12-17,19-20H,8H2. The van der Waals surface area contributed by atoms with Crippen molar-refractivity contribution in [2.24, 2.45) is 0 Å². The number of aliphatic hydroxyl groups excluding tert-OH is 2. The maximum atomic E-state index is 10.5. The molecule has 1 aromatic heterocycles. The van der Waals surface area contributed by atoms with E-state index in [0.717, 1.165) is 4.47 Å². The molecule has 0 amide bonds. The van der Waals surface area contributed by atoms with Crippen molar-refractivity contribution in [3.05, 3.63) is 52.9 Å². The number of hydrogen-bond acceptors (Lipinski definition) is 7. The molecule has 0 radical (unpaired) electrons. The molecule has 2 saturated heterocycles. The topological polar surface area (TPSA) is 90.5 Å². The van der Waals surface area contributed by atoms with Gasteiger partial charge in [-0.1, -0.05) is 15.9 Å². The predicted octanol–water partition coefficient (Wildman–Crippen LogP) is 1.98. The molecule has 7 nitrogen and oxygen atoms in total. The third kappa shape index (κ3) is 3.46. The number of halogens is 1. The van der Waals surface area contributed by atoms with Crippen molar-refractivity contribution >= 4 is 15.9 Å². The Balaban J connectivity index is 1.45. The molecule has 0 saturated carbocycles. The fourth-order valence-corrected chi connectivity index (χ4v) is 3.16. The van der Waals surface area contributed by atoms with Crippen molar-refractivity contribution in [1.29, 1.82) is 0 Å². The zero-order valence-electron chi connectivity index (χ0n) is 13.0. The molecule has 6 unspecified atom stereocenters.